The van der Waals surface area contributed by atoms with Gasteiger partial charge in [0.15, 0.2) is 0 Å². The van der Waals surface area contributed by atoms with E-state index in [4.69, 9.17) is 4.98 Å². The van der Waals surface area contributed by atoms with Gasteiger partial charge in [-0.2, -0.15) is 0 Å². The summed E-state index contributed by atoms with van der Waals surface area (Å²) < 4.78 is 2.30. The minimum atomic E-state index is -0.203. The Morgan fingerprint density at radius 1 is 1.21 bits per heavy atom. The third kappa shape index (κ3) is 3.40. The number of carbonyl (C=O) groups excluding carboxylic acids is 2. The van der Waals surface area contributed by atoms with Gasteiger partial charge in [0.2, 0.25) is 5.91 Å². The Bertz CT molecular complexity index is 1140. The van der Waals surface area contributed by atoms with E-state index < -0.39 is 0 Å². The number of anilines is 2. The van der Waals surface area contributed by atoms with Crippen LogP contribution < -0.4 is 10.6 Å². The van der Waals surface area contributed by atoms with Crippen LogP contribution in [0.5, 0.6) is 0 Å². The fraction of sp³-hybridized carbons (Fsp3) is 0.318. The van der Waals surface area contributed by atoms with Crippen LogP contribution in [0.25, 0.3) is 11.0 Å². The molecule has 1 aromatic heterocycles. The number of nitrogens with one attached hydrogen (secondary N) is 2. The molecule has 3 heterocycles. The van der Waals surface area contributed by atoms with Gasteiger partial charge in [0.25, 0.3) is 5.91 Å². The summed E-state index contributed by atoms with van der Waals surface area (Å²) >= 11 is 1.51. The smallest absolute Gasteiger partial charge is 0.255 e. The summed E-state index contributed by atoms with van der Waals surface area (Å²) in [5.74, 6) is 0.897. The molecular weight excluding hydrogens is 384 g/mol. The predicted molar refractivity (Wildman–Crippen MR) is 116 cm³/mol. The van der Waals surface area contributed by atoms with Crippen LogP contribution in [0.15, 0.2) is 41.3 Å². The number of carbonyl (C=O) groups is 2. The fourth-order valence-corrected chi connectivity index (χ4v) is 4.91. The monoisotopic (exact) mass is 406 g/mol. The van der Waals surface area contributed by atoms with Gasteiger partial charge in [-0.05, 0) is 56.2 Å². The van der Waals surface area contributed by atoms with Crippen LogP contribution in [-0.4, -0.2) is 26.6 Å². The summed E-state index contributed by atoms with van der Waals surface area (Å²) in [5.41, 5.74) is 3.98. The fourth-order valence-electron chi connectivity index (χ4n) is 3.98. The summed E-state index contributed by atoms with van der Waals surface area (Å²) in [5, 5.41) is 5.71. The van der Waals surface area contributed by atoms with E-state index in [1.165, 1.54) is 31.0 Å². The van der Waals surface area contributed by atoms with Gasteiger partial charge in [0, 0.05) is 29.1 Å². The lowest BCUT2D eigenvalue weighted by Crippen LogP contribution is -2.26. The minimum absolute atomic E-state index is 0.0370. The third-order valence-electron chi connectivity index (χ3n) is 5.54. The van der Waals surface area contributed by atoms with Gasteiger partial charge in [0.05, 0.1) is 22.0 Å². The number of imidazole rings is 1. The molecule has 2 amide bonds. The van der Waals surface area contributed by atoms with Crippen molar-refractivity contribution in [2.24, 2.45) is 0 Å². The van der Waals surface area contributed by atoms with Gasteiger partial charge in [-0.25, -0.2) is 4.98 Å². The maximum atomic E-state index is 12.8. The number of hydrogen-bond acceptors (Lipinski definition) is 4. The van der Waals surface area contributed by atoms with Crippen LogP contribution >= 0.6 is 11.8 Å². The van der Waals surface area contributed by atoms with Gasteiger partial charge in [-0.1, -0.05) is 6.42 Å². The molecule has 0 aliphatic carbocycles. The third-order valence-corrected chi connectivity index (χ3v) is 6.72. The van der Waals surface area contributed by atoms with E-state index in [0.29, 0.717) is 11.3 Å². The van der Waals surface area contributed by atoms with E-state index in [1.54, 1.807) is 12.1 Å². The lowest BCUT2D eigenvalue weighted by molar-refractivity contribution is -0.115. The zero-order valence-corrected chi connectivity index (χ0v) is 17.0. The molecule has 0 fully saturated rings. The zero-order chi connectivity index (χ0) is 20.0. The van der Waals surface area contributed by atoms with E-state index >= 15 is 0 Å². The molecule has 29 heavy (non-hydrogen) atoms. The Morgan fingerprint density at radius 3 is 3.00 bits per heavy atom. The second kappa shape index (κ2) is 7.22. The van der Waals surface area contributed by atoms with Crippen LogP contribution in [-0.2, 0) is 17.8 Å². The van der Waals surface area contributed by atoms with Crippen molar-refractivity contribution >= 4 is 46.0 Å². The molecule has 2 aromatic carbocycles. The van der Waals surface area contributed by atoms with Gasteiger partial charge < -0.3 is 15.2 Å². The Kier molecular flexibility index (Phi) is 4.54. The summed E-state index contributed by atoms with van der Waals surface area (Å²) in [6.45, 7) is 2.88. The van der Waals surface area contributed by atoms with Crippen molar-refractivity contribution in [2.45, 2.75) is 49.3 Å². The van der Waals surface area contributed by atoms with Crippen molar-refractivity contribution in [2.75, 3.05) is 10.6 Å². The Hall–Kier alpha value is -2.80. The van der Waals surface area contributed by atoms with Crippen molar-refractivity contribution in [3.05, 3.63) is 47.8 Å². The first-order chi connectivity index (χ1) is 14.1. The van der Waals surface area contributed by atoms with Crippen molar-refractivity contribution in [1.29, 1.82) is 0 Å². The number of aryl methyl sites for hydroxylation is 2. The molecule has 0 bridgehead atoms. The number of hydrogen-bond donors (Lipinski definition) is 2. The van der Waals surface area contributed by atoms with E-state index in [2.05, 4.69) is 15.2 Å². The highest BCUT2D eigenvalue weighted by Crippen LogP contribution is 2.36. The number of aromatic nitrogens is 2. The topological polar surface area (TPSA) is 76.0 Å². The number of nitrogens with zero attached hydrogens (tertiary/aromatic N) is 2. The standard InChI is InChI=1S/C22H22N4O2S/c1-13-21(27)25-17-11-14(6-9-19(17)29-13)22(28)23-15-7-8-18-16(12-15)24-20-5-3-2-4-10-26(18)20/h6-9,11-13H,2-5,10H2,1H3,(H,23,28)(H,25,27). The highest BCUT2D eigenvalue weighted by Gasteiger charge is 2.24. The quantitative estimate of drug-likeness (QED) is 0.659. The highest BCUT2D eigenvalue weighted by atomic mass is 32.2. The zero-order valence-electron chi connectivity index (χ0n) is 16.2. The Labute approximate surface area is 173 Å². The molecule has 2 aliphatic rings. The van der Waals surface area contributed by atoms with Crippen molar-refractivity contribution < 1.29 is 9.59 Å². The number of fused-ring (bicyclic) bond motifs is 4. The molecule has 0 radical (unpaired) electrons. The summed E-state index contributed by atoms with van der Waals surface area (Å²) in [7, 11) is 0. The molecule has 0 saturated carbocycles. The molecule has 0 saturated heterocycles. The molecule has 1 atom stereocenters. The second-order valence-corrected chi connectivity index (χ2v) is 8.99. The number of thioether (sulfide) groups is 1. The van der Waals surface area contributed by atoms with Crippen molar-refractivity contribution in [3.63, 3.8) is 0 Å². The average Bonchev–Trinajstić information content (AvgIpc) is 2.88. The van der Waals surface area contributed by atoms with Gasteiger partial charge in [-0.15, -0.1) is 11.8 Å². The van der Waals surface area contributed by atoms with Crippen LogP contribution in [0.4, 0.5) is 11.4 Å². The summed E-state index contributed by atoms with van der Waals surface area (Å²) in [6.07, 6.45) is 4.62. The van der Waals surface area contributed by atoms with Gasteiger partial charge in [-0.3, -0.25) is 9.59 Å². The molecule has 7 heteroatoms. The first kappa shape index (κ1) is 18.2. The van der Waals surface area contributed by atoms with Crippen LogP contribution in [0.2, 0.25) is 0 Å². The number of benzene rings is 2. The summed E-state index contributed by atoms with van der Waals surface area (Å²) in [6, 6.07) is 11.3. The number of amides is 2. The molecule has 1 unspecified atom stereocenters. The molecular formula is C22H22N4O2S. The molecule has 0 spiro atoms. The lowest BCUT2D eigenvalue weighted by Gasteiger charge is -2.21. The second-order valence-electron chi connectivity index (χ2n) is 7.61. The Balaban J connectivity index is 1.39. The molecule has 2 N–H and O–H groups in total. The Morgan fingerprint density at radius 2 is 2.10 bits per heavy atom. The van der Waals surface area contributed by atoms with E-state index in [1.807, 2.05) is 31.2 Å². The summed E-state index contributed by atoms with van der Waals surface area (Å²) in [4.78, 5) is 30.5. The normalized spacial score (nSPS) is 18.5. The molecule has 148 valence electrons. The maximum Gasteiger partial charge on any atom is 0.255 e. The molecule has 3 aromatic rings. The van der Waals surface area contributed by atoms with Gasteiger partial charge >= 0.3 is 0 Å². The van der Waals surface area contributed by atoms with E-state index in [9.17, 15) is 9.59 Å². The van der Waals surface area contributed by atoms with E-state index in [-0.39, 0.29) is 17.1 Å². The molecule has 5 rings (SSSR count). The first-order valence-corrected chi connectivity index (χ1v) is 10.9. The molecule has 2 aliphatic heterocycles. The van der Waals surface area contributed by atoms with Crippen molar-refractivity contribution in [3.8, 4) is 0 Å². The van der Waals surface area contributed by atoms with Crippen LogP contribution in [0.1, 0.15) is 42.4 Å². The highest BCUT2D eigenvalue weighted by molar-refractivity contribution is 8.00. The first-order valence-electron chi connectivity index (χ1n) is 10.0. The minimum Gasteiger partial charge on any atom is -0.328 e. The number of rotatable bonds is 2. The largest absolute Gasteiger partial charge is 0.328 e. The maximum absolute atomic E-state index is 12.8. The SMILES string of the molecule is CC1Sc2ccc(C(=O)Nc3ccc4c(c3)nc3n4CCCCC3)cc2NC1=O. The molecule has 6 nitrogen and oxygen atoms in total. The lowest BCUT2D eigenvalue weighted by atomic mass is 10.1. The van der Waals surface area contributed by atoms with Crippen molar-refractivity contribution in [1.82, 2.24) is 9.55 Å². The van der Waals surface area contributed by atoms with Crippen LogP contribution in [0, 0.1) is 0 Å². The average molecular weight is 407 g/mol. The van der Waals surface area contributed by atoms with Gasteiger partial charge in [0.1, 0.15) is 5.82 Å². The van der Waals surface area contributed by atoms with E-state index in [0.717, 1.165) is 40.4 Å². The predicted octanol–water partition coefficient (Wildman–Crippen LogP) is 4.45. The van der Waals surface area contributed by atoms with Crippen LogP contribution in [0.3, 0.4) is 0 Å².